The van der Waals surface area contributed by atoms with Crippen molar-refractivity contribution < 1.29 is 14.5 Å². The number of ether oxygens (including phenoxy) is 1. The highest BCUT2D eigenvalue weighted by atomic mass is 16.6. The molecule has 0 radical (unpaired) electrons. The number of nitro groups is 1. The molecule has 0 spiro atoms. The minimum atomic E-state index is -0.560. The lowest BCUT2D eigenvalue weighted by atomic mass is 9.99. The van der Waals surface area contributed by atoms with Crippen LogP contribution in [0.15, 0.2) is 42.5 Å². The third-order valence-corrected chi connectivity index (χ3v) is 3.63. The summed E-state index contributed by atoms with van der Waals surface area (Å²) in [7, 11) is 0. The van der Waals surface area contributed by atoms with Crippen molar-refractivity contribution in [1.82, 2.24) is 0 Å². The van der Waals surface area contributed by atoms with Gasteiger partial charge in [-0.15, -0.1) is 0 Å². The lowest BCUT2D eigenvalue weighted by Crippen LogP contribution is -2.04. The van der Waals surface area contributed by atoms with Gasteiger partial charge in [0.2, 0.25) is 5.76 Å². The molecule has 0 atom stereocenters. The van der Waals surface area contributed by atoms with Crippen LogP contribution in [0, 0.1) is 24.0 Å². The van der Waals surface area contributed by atoms with E-state index in [1.54, 1.807) is 37.3 Å². The van der Waals surface area contributed by atoms with Gasteiger partial charge in [-0.2, -0.15) is 0 Å². The van der Waals surface area contributed by atoms with Crippen LogP contribution in [0.1, 0.15) is 32.6 Å². The van der Waals surface area contributed by atoms with E-state index in [1.807, 2.05) is 19.1 Å². The number of fused-ring (bicyclic) bond motifs is 1. The van der Waals surface area contributed by atoms with Gasteiger partial charge in [-0.1, -0.05) is 35.9 Å². The predicted molar refractivity (Wildman–Crippen MR) is 81.6 cm³/mol. The first kappa shape index (κ1) is 14.0. The van der Waals surface area contributed by atoms with Crippen molar-refractivity contribution in [3.05, 3.63) is 80.4 Å². The standard InChI is InChI=1S/C17H13NO4/c1-10-7-8-11(2)14(9-10)15(18(20)21)16-12-5-3-4-6-13(12)17(19)22-16/h3-9H,1-2H3. The fraction of sp³-hybridized carbons (Fsp3) is 0.118. The van der Waals surface area contributed by atoms with Gasteiger partial charge in [0.05, 0.1) is 16.1 Å². The van der Waals surface area contributed by atoms with Gasteiger partial charge in [-0.05, 0) is 31.5 Å². The molecule has 0 bridgehead atoms. The number of aryl methyl sites for hydroxylation is 2. The second-order valence-corrected chi connectivity index (χ2v) is 5.19. The molecule has 5 heteroatoms. The zero-order valence-electron chi connectivity index (χ0n) is 12.1. The summed E-state index contributed by atoms with van der Waals surface area (Å²) in [5.74, 6) is -0.547. The molecule has 1 heterocycles. The van der Waals surface area contributed by atoms with Crippen LogP contribution < -0.4 is 0 Å². The molecular weight excluding hydrogens is 282 g/mol. The molecule has 0 aromatic heterocycles. The maximum absolute atomic E-state index is 11.9. The molecule has 2 aromatic rings. The smallest absolute Gasteiger partial charge is 0.344 e. The molecule has 0 amide bonds. The average molecular weight is 295 g/mol. The number of rotatable bonds is 2. The molecule has 0 N–H and O–H groups in total. The zero-order chi connectivity index (χ0) is 15.9. The number of hydrogen-bond acceptors (Lipinski definition) is 4. The summed E-state index contributed by atoms with van der Waals surface area (Å²) < 4.78 is 5.20. The maximum atomic E-state index is 11.9. The van der Waals surface area contributed by atoms with E-state index in [9.17, 15) is 14.9 Å². The average Bonchev–Trinajstić information content (AvgIpc) is 2.80. The van der Waals surface area contributed by atoms with Crippen molar-refractivity contribution in [3.63, 3.8) is 0 Å². The largest absolute Gasteiger partial charge is 0.415 e. The topological polar surface area (TPSA) is 69.4 Å². The van der Waals surface area contributed by atoms with Gasteiger partial charge in [0.25, 0.3) is 0 Å². The van der Waals surface area contributed by atoms with Crippen molar-refractivity contribution in [1.29, 1.82) is 0 Å². The molecule has 22 heavy (non-hydrogen) atoms. The van der Waals surface area contributed by atoms with Gasteiger partial charge in [-0.25, -0.2) is 4.79 Å². The summed E-state index contributed by atoms with van der Waals surface area (Å²) in [6, 6.07) is 12.1. The quantitative estimate of drug-likeness (QED) is 0.482. The van der Waals surface area contributed by atoms with E-state index in [-0.39, 0.29) is 11.5 Å². The summed E-state index contributed by atoms with van der Waals surface area (Å²) >= 11 is 0. The molecular formula is C17H13NO4. The van der Waals surface area contributed by atoms with Crippen LogP contribution in [0.5, 0.6) is 0 Å². The molecule has 3 rings (SSSR count). The molecule has 5 nitrogen and oxygen atoms in total. The lowest BCUT2D eigenvalue weighted by Gasteiger charge is -2.07. The Hall–Kier alpha value is -2.95. The summed E-state index contributed by atoms with van der Waals surface area (Å²) in [5.41, 5.74) is 2.75. The van der Waals surface area contributed by atoms with Crippen LogP contribution >= 0.6 is 0 Å². The Kier molecular flexibility index (Phi) is 3.25. The Morgan fingerprint density at radius 3 is 2.45 bits per heavy atom. The zero-order valence-corrected chi connectivity index (χ0v) is 12.1. The van der Waals surface area contributed by atoms with Crippen LogP contribution in [0.4, 0.5) is 0 Å². The van der Waals surface area contributed by atoms with E-state index in [1.165, 1.54) is 0 Å². The maximum Gasteiger partial charge on any atom is 0.344 e. The van der Waals surface area contributed by atoms with Crippen LogP contribution in [-0.4, -0.2) is 10.9 Å². The Morgan fingerprint density at radius 2 is 1.77 bits per heavy atom. The monoisotopic (exact) mass is 295 g/mol. The predicted octanol–water partition coefficient (Wildman–Crippen LogP) is 3.58. The van der Waals surface area contributed by atoms with Gasteiger partial charge < -0.3 is 4.74 Å². The Bertz CT molecular complexity index is 836. The SMILES string of the molecule is Cc1ccc(C)c(C(=C2OC(=O)c3ccccc32)[N+](=O)[O-])c1. The first-order valence-electron chi connectivity index (χ1n) is 6.77. The Balaban J connectivity index is 2.32. The fourth-order valence-electron chi connectivity index (χ4n) is 2.53. The lowest BCUT2D eigenvalue weighted by molar-refractivity contribution is -0.375. The number of hydrogen-bond donors (Lipinski definition) is 0. The van der Waals surface area contributed by atoms with Gasteiger partial charge >= 0.3 is 11.7 Å². The number of carbonyl (C=O) groups is 1. The number of benzene rings is 2. The normalized spacial score (nSPS) is 15.3. The third-order valence-electron chi connectivity index (χ3n) is 3.63. The van der Waals surface area contributed by atoms with Gasteiger partial charge in [-0.3, -0.25) is 10.1 Å². The van der Waals surface area contributed by atoms with E-state index in [2.05, 4.69) is 0 Å². The molecule has 0 saturated carbocycles. The van der Waals surface area contributed by atoms with Crippen molar-refractivity contribution in [2.45, 2.75) is 13.8 Å². The summed E-state index contributed by atoms with van der Waals surface area (Å²) in [6.45, 7) is 3.65. The van der Waals surface area contributed by atoms with E-state index in [0.717, 1.165) is 11.1 Å². The molecule has 1 aliphatic heterocycles. The molecule has 0 aliphatic carbocycles. The second-order valence-electron chi connectivity index (χ2n) is 5.19. The van der Waals surface area contributed by atoms with E-state index in [4.69, 9.17) is 4.74 Å². The van der Waals surface area contributed by atoms with Gasteiger partial charge in [0, 0.05) is 5.56 Å². The van der Waals surface area contributed by atoms with Crippen LogP contribution in [-0.2, 0) is 4.74 Å². The molecule has 2 aromatic carbocycles. The first-order chi connectivity index (χ1) is 10.5. The van der Waals surface area contributed by atoms with Crippen LogP contribution in [0.25, 0.3) is 11.5 Å². The summed E-state index contributed by atoms with van der Waals surface area (Å²) in [5, 5.41) is 11.6. The summed E-state index contributed by atoms with van der Waals surface area (Å²) in [6.07, 6.45) is 0. The molecule has 0 unspecified atom stereocenters. The Morgan fingerprint density at radius 1 is 1.09 bits per heavy atom. The molecule has 0 fully saturated rings. The molecule has 1 aliphatic rings. The minimum Gasteiger partial charge on any atom is -0.415 e. The third kappa shape index (κ3) is 2.16. The second kappa shape index (κ2) is 5.11. The van der Waals surface area contributed by atoms with Crippen molar-refractivity contribution in [2.24, 2.45) is 0 Å². The number of cyclic esters (lactones) is 1. The van der Waals surface area contributed by atoms with Crippen molar-refractivity contribution in [2.75, 3.05) is 0 Å². The van der Waals surface area contributed by atoms with Crippen LogP contribution in [0.3, 0.4) is 0 Å². The van der Waals surface area contributed by atoms with E-state index >= 15 is 0 Å². The number of carbonyl (C=O) groups excluding carboxylic acids is 1. The number of esters is 1. The first-order valence-corrected chi connectivity index (χ1v) is 6.77. The van der Waals surface area contributed by atoms with Gasteiger partial charge in [0.1, 0.15) is 0 Å². The highest BCUT2D eigenvalue weighted by molar-refractivity contribution is 6.07. The highest BCUT2D eigenvalue weighted by Crippen LogP contribution is 2.36. The van der Waals surface area contributed by atoms with Crippen molar-refractivity contribution >= 4 is 17.4 Å². The van der Waals surface area contributed by atoms with Crippen LogP contribution in [0.2, 0.25) is 0 Å². The summed E-state index contributed by atoms with van der Waals surface area (Å²) in [4.78, 5) is 23.0. The van der Waals surface area contributed by atoms with Crippen molar-refractivity contribution in [3.8, 4) is 0 Å². The molecule has 110 valence electrons. The van der Waals surface area contributed by atoms with E-state index in [0.29, 0.717) is 16.7 Å². The minimum absolute atomic E-state index is 0.0132. The fourth-order valence-corrected chi connectivity index (χ4v) is 2.53. The molecule has 0 saturated heterocycles. The van der Waals surface area contributed by atoms with E-state index < -0.39 is 10.9 Å². The highest BCUT2D eigenvalue weighted by Gasteiger charge is 2.35. The van der Waals surface area contributed by atoms with Gasteiger partial charge in [0.15, 0.2) is 0 Å². The Labute approximate surface area is 127 Å². The number of nitrogens with zero attached hydrogens (tertiary/aromatic N) is 1.